The molecule has 0 bridgehead atoms. The SMILES string of the molecule is COC(=O)c1cncc(C2CC(O)ON2C(=O)OC(C)(C)C)c1. The lowest BCUT2D eigenvalue weighted by molar-refractivity contribution is -0.207. The highest BCUT2D eigenvalue weighted by Gasteiger charge is 2.39. The number of aliphatic hydroxyl groups excluding tert-OH is 1. The molecule has 2 atom stereocenters. The minimum Gasteiger partial charge on any atom is -0.465 e. The summed E-state index contributed by atoms with van der Waals surface area (Å²) < 4.78 is 9.91. The van der Waals surface area contributed by atoms with Gasteiger partial charge in [0.25, 0.3) is 0 Å². The smallest absolute Gasteiger partial charge is 0.435 e. The van der Waals surface area contributed by atoms with E-state index in [2.05, 4.69) is 9.72 Å². The van der Waals surface area contributed by atoms with Crippen molar-refractivity contribution in [2.75, 3.05) is 7.11 Å². The molecule has 2 heterocycles. The molecule has 126 valence electrons. The number of esters is 1. The molecule has 1 aliphatic rings. The Kier molecular flexibility index (Phi) is 4.86. The van der Waals surface area contributed by atoms with Crippen molar-refractivity contribution >= 4 is 12.1 Å². The van der Waals surface area contributed by atoms with Crippen molar-refractivity contribution in [3.63, 3.8) is 0 Å². The second-order valence-electron chi connectivity index (χ2n) is 6.12. The molecular formula is C15H20N2O6. The highest BCUT2D eigenvalue weighted by molar-refractivity contribution is 5.89. The quantitative estimate of drug-likeness (QED) is 0.828. The molecule has 1 aliphatic heterocycles. The number of hydroxylamine groups is 2. The number of ether oxygens (including phenoxy) is 2. The number of hydrogen-bond acceptors (Lipinski definition) is 7. The number of pyridine rings is 1. The number of carbonyl (C=O) groups excluding carboxylic acids is 2. The maximum Gasteiger partial charge on any atom is 0.435 e. The Morgan fingerprint density at radius 1 is 1.39 bits per heavy atom. The molecule has 0 saturated carbocycles. The van der Waals surface area contributed by atoms with Gasteiger partial charge in [-0.05, 0) is 32.4 Å². The van der Waals surface area contributed by atoms with Crippen molar-refractivity contribution in [1.82, 2.24) is 10.0 Å². The minimum atomic E-state index is -1.14. The predicted octanol–water partition coefficient (Wildman–Crippen LogP) is 1.80. The molecule has 1 aromatic heterocycles. The summed E-state index contributed by atoms with van der Waals surface area (Å²) in [7, 11) is 1.27. The van der Waals surface area contributed by atoms with Crippen molar-refractivity contribution in [1.29, 1.82) is 0 Å². The van der Waals surface area contributed by atoms with E-state index in [1.807, 2.05) is 0 Å². The van der Waals surface area contributed by atoms with Gasteiger partial charge in [-0.15, -0.1) is 0 Å². The Hall–Kier alpha value is -2.19. The molecule has 2 unspecified atom stereocenters. The van der Waals surface area contributed by atoms with Gasteiger partial charge in [-0.1, -0.05) is 0 Å². The summed E-state index contributed by atoms with van der Waals surface area (Å²) in [5.41, 5.74) is 0.0795. The fraction of sp³-hybridized carbons (Fsp3) is 0.533. The Balaban J connectivity index is 2.26. The standard InChI is InChI=1S/C15H20N2O6/c1-15(2,3)22-14(20)17-11(6-12(18)23-17)9-5-10(8-16-7-9)13(19)21-4/h5,7-8,11-12,18H,6H2,1-4H3. The summed E-state index contributed by atoms with van der Waals surface area (Å²) in [4.78, 5) is 32.9. The Morgan fingerprint density at radius 3 is 2.70 bits per heavy atom. The van der Waals surface area contributed by atoms with E-state index in [0.29, 0.717) is 5.56 Å². The molecule has 8 heteroatoms. The molecule has 1 amide bonds. The lowest BCUT2D eigenvalue weighted by Crippen LogP contribution is -2.36. The van der Waals surface area contributed by atoms with Crippen LogP contribution in [0.5, 0.6) is 0 Å². The van der Waals surface area contributed by atoms with Crippen molar-refractivity contribution in [3.05, 3.63) is 29.6 Å². The van der Waals surface area contributed by atoms with Gasteiger partial charge in [0.2, 0.25) is 0 Å². The molecule has 0 radical (unpaired) electrons. The van der Waals surface area contributed by atoms with Gasteiger partial charge in [-0.3, -0.25) is 4.98 Å². The van der Waals surface area contributed by atoms with Gasteiger partial charge in [-0.25, -0.2) is 14.4 Å². The summed E-state index contributed by atoms with van der Waals surface area (Å²) in [5.74, 6) is -0.539. The summed E-state index contributed by atoms with van der Waals surface area (Å²) in [6.45, 7) is 5.18. The van der Waals surface area contributed by atoms with E-state index in [4.69, 9.17) is 9.57 Å². The Bertz CT molecular complexity index is 598. The molecule has 0 aliphatic carbocycles. The first kappa shape index (κ1) is 17.2. The highest BCUT2D eigenvalue weighted by Crippen LogP contribution is 2.34. The van der Waals surface area contributed by atoms with Crippen LogP contribution in [0.4, 0.5) is 4.79 Å². The number of hydrogen-bond donors (Lipinski definition) is 1. The van der Waals surface area contributed by atoms with Crippen LogP contribution in [0, 0.1) is 0 Å². The predicted molar refractivity (Wildman–Crippen MR) is 78.1 cm³/mol. The molecular weight excluding hydrogens is 304 g/mol. The lowest BCUT2D eigenvalue weighted by Gasteiger charge is -2.26. The number of aromatic nitrogens is 1. The van der Waals surface area contributed by atoms with Gasteiger partial charge >= 0.3 is 12.1 Å². The van der Waals surface area contributed by atoms with Gasteiger partial charge in [0.15, 0.2) is 6.29 Å². The summed E-state index contributed by atoms with van der Waals surface area (Å²) in [5, 5.41) is 10.7. The third kappa shape index (κ3) is 4.17. The van der Waals surface area contributed by atoms with Crippen LogP contribution in [-0.4, -0.2) is 46.2 Å². The van der Waals surface area contributed by atoms with Gasteiger partial charge in [0.1, 0.15) is 5.60 Å². The van der Waals surface area contributed by atoms with E-state index >= 15 is 0 Å². The van der Waals surface area contributed by atoms with Gasteiger partial charge in [0, 0.05) is 18.8 Å². The lowest BCUT2D eigenvalue weighted by atomic mass is 10.0. The van der Waals surface area contributed by atoms with Crippen LogP contribution < -0.4 is 0 Å². The zero-order valence-electron chi connectivity index (χ0n) is 13.5. The van der Waals surface area contributed by atoms with E-state index < -0.39 is 30.0 Å². The van der Waals surface area contributed by atoms with E-state index in [-0.39, 0.29) is 12.0 Å². The highest BCUT2D eigenvalue weighted by atomic mass is 16.8. The monoisotopic (exact) mass is 324 g/mol. The van der Waals surface area contributed by atoms with Gasteiger partial charge in [0.05, 0.1) is 18.7 Å². The molecule has 0 aromatic carbocycles. The number of methoxy groups -OCH3 is 1. The number of amides is 1. The summed E-state index contributed by atoms with van der Waals surface area (Å²) in [6, 6.07) is 0.930. The van der Waals surface area contributed by atoms with Crippen LogP contribution in [0.2, 0.25) is 0 Å². The molecule has 1 aromatic rings. The van der Waals surface area contributed by atoms with Crippen LogP contribution in [-0.2, 0) is 14.3 Å². The fourth-order valence-electron chi connectivity index (χ4n) is 2.15. The largest absolute Gasteiger partial charge is 0.465 e. The fourth-order valence-corrected chi connectivity index (χ4v) is 2.15. The maximum atomic E-state index is 12.2. The average Bonchev–Trinajstić information content (AvgIpc) is 2.87. The van der Waals surface area contributed by atoms with E-state index in [9.17, 15) is 14.7 Å². The summed E-state index contributed by atoms with van der Waals surface area (Å²) >= 11 is 0. The second kappa shape index (κ2) is 6.51. The molecule has 1 N–H and O–H groups in total. The van der Waals surface area contributed by atoms with Crippen LogP contribution in [0.1, 0.15) is 49.2 Å². The zero-order valence-corrected chi connectivity index (χ0v) is 13.5. The molecule has 2 rings (SSSR count). The number of carbonyl (C=O) groups is 2. The number of aliphatic hydroxyl groups is 1. The third-order valence-electron chi connectivity index (χ3n) is 3.08. The first-order valence-corrected chi connectivity index (χ1v) is 7.11. The third-order valence-corrected chi connectivity index (χ3v) is 3.08. The average molecular weight is 324 g/mol. The van der Waals surface area contributed by atoms with Crippen LogP contribution >= 0.6 is 0 Å². The van der Waals surface area contributed by atoms with Gasteiger partial charge < -0.3 is 14.6 Å². The zero-order chi connectivity index (χ0) is 17.2. The molecule has 1 fully saturated rings. The first-order valence-electron chi connectivity index (χ1n) is 7.11. The summed E-state index contributed by atoms with van der Waals surface area (Å²) in [6.07, 6.45) is 1.14. The maximum absolute atomic E-state index is 12.2. The van der Waals surface area contributed by atoms with Crippen molar-refractivity contribution in [3.8, 4) is 0 Å². The molecule has 1 saturated heterocycles. The van der Waals surface area contributed by atoms with Crippen LogP contribution in [0.3, 0.4) is 0 Å². The Labute approximate surface area is 133 Å². The normalized spacial score (nSPS) is 21.2. The van der Waals surface area contributed by atoms with Crippen molar-refractivity contribution in [2.24, 2.45) is 0 Å². The van der Waals surface area contributed by atoms with Crippen molar-refractivity contribution in [2.45, 2.75) is 45.1 Å². The van der Waals surface area contributed by atoms with E-state index in [1.54, 1.807) is 26.8 Å². The van der Waals surface area contributed by atoms with Crippen LogP contribution in [0.15, 0.2) is 18.5 Å². The van der Waals surface area contributed by atoms with Gasteiger partial charge in [-0.2, -0.15) is 5.06 Å². The molecule has 8 nitrogen and oxygen atoms in total. The van der Waals surface area contributed by atoms with Crippen molar-refractivity contribution < 1.29 is 29.0 Å². The van der Waals surface area contributed by atoms with E-state index in [0.717, 1.165) is 5.06 Å². The second-order valence-corrected chi connectivity index (χ2v) is 6.12. The van der Waals surface area contributed by atoms with E-state index in [1.165, 1.54) is 19.5 Å². The minimum absolute atomic E-state index is 0.144. The van der Waals surface area contributed by atoms with Crippen LogP contribution in [0.25, 0.3) is 0 Å². The molecule has 0 spiro atoms. The number of rotatable bonds is 2. The molecule has 23 heavy (non-hydrogen) atoms. The topological polar surface area (TPSA) is 98.2 Å². The number of nitrogens with zero attached hydrogens (tertiary/aromatic N) is 2. The first-order chi connectivity index (χ1) is 10.7. The Morgan fingerprint density at radius 2 is 2.09 bits per heavy atom.